The molecule has 1 aromatic carbocycles. The minimum Gasteiger partial charge on any atom is -0.504 e. The second kappa shape index (κ2) is 6.93. The molecule has 8 heteroatoms. The van der Waals surface area contributed by atoms with Crippen LogP contribution < -0.4 is 4.74 Å². The van der Waals surface area contributed by atoms with Crippen molar-refractivity contribution in [3.8, 4) is 11.5 Å². The number of hydrogen-bond donors (Lipinski definition) is 2. The normalized spacial score (nSPS) is 34.5. The lowest BCUT2D eigenvalue weighted by Gasteiger charge is -2.60. The van der Waals surface area contributed by atoms with Crippen LogP contribution in [-0.2, 0) is 23.1 Å². The van der Waals surface area contributed by atoms with Crippen LogP contribution in [0.2, 0.25) is 0 Å². The third kappa shape index (κ3) is 2.74. The maximum atomic E-state index is 13.3. The first-order valence-corrected chi connectivity index (χ1v) is 13.0. The summed E-state index contributed by atoms with van der Waals surface area (Å²) in [5.41, 5.74) is 0.609. The average Bonchev–Trinajstić information content (AvgIpc) is 3.38. The largest absolute Gasteiger partial charge is 0.504 e. The highest BCUT2D eigenvalue weighted by atomic mass is 32.1. The van der Waals surface area contributed by atoms with E-state index in [9.17, 15) is 15.0 Å². The number of nitrogens with zero attached hydrogens (tertiary/aromatic N) is 3. The summed E-state index contributed by atoms with van der Waals surface area (Å²) in [5, 5.41) is 26.0. The fourth-order valence-electron chi connectivity index (χ4n) is 7.21. The van der Waals surface area contributed by atoms with Crippen molar-refractivity contribution in [2.75, 3.05) is 26.2 Å². The lowest BCUT2D eigenvalue weighted by atomic mass is 9.52. The Kier molecular flexibility index (Phi) is 4.25. The molecule has 174 valence electrons. The molecular formula is C25H29N3O4S. The van der Waals surface area contributed by atoms with Crippen molar-refractivity contribution in [2.45, 2.75) is 61.7 Å². The standard InChI is InChI=1S/C25H29N3O4S/c29-17-4-3-16-11-18-25(31)6-9-28(21(30)12-20-26-7-10-33-20)14-19-24(25,22(16)23(17)32-19)5-8-27(18)13-15-1-2-15/h3-4,7,10,15,18-19,29,31H,1-2,5-6,8-9,11-14H2/t18-,19+,24-,25-/m1/s1. The highest BCUT2D eigenvalue weighted by Gasteiger charge is 2.71. The molecule has 2 aliphatic carbocycles. The average molecular weight is 468 g/mol. The second-order valence-corrected chi connectivity index (χ2v) is 11.5. The van der Waals surface area contributed by atoms with Crippen LogP contribution in [0.5, 0.6) is 11.5 Å². The summed E-state index contributed by atoms with van der Waals surface area (Å²) in [6.45, 7) is 2.90. The number of amides is 1. The molecular weight excluding hydrogens is 438 g/mol. The van der Waals surface area contributed by atoms with E-state index >= 15 is 0 Å². The number of benzene rings is 1. The number of carbonyl (C=O) groups is 1. The molecule has 0 radical (unpaired) electrons. The number of rotatable bonds is 4. The van der Waals surface area contributed by atoms with Gasteiger partial charge in [0.25, 0.3) is 0 Å². The summed E-state index contributed by atoms with van der Waals surface area (Å²) in [6, 6.07) is 3.76. The molecule has 0 unspecified atom stereocenters. The van der Waals surface area contributed by atoms with Crippen LogP contribution in [0.4, 0.5) is 0 Å². The van der Waals surface area contributed by atoms with E-state index in [4.69, 9.17) is 4.74 Å². The Labute approximate surface area is 197 Å². The minimum absolute atomic E-state index is 0.00922. The molecule has 3 fully saturated rings. The molecule has 4 atom stereocenters. The third-order valence-corrected chi connectivity index (χ3v) is 9.71. The van der Waals surface area contributed by atoms with Gasteiger partial charge < -0.3 is 19.8 Å². The summed E-state index contributed by atoms with van der Waals surface area (Å²) in [6.07, 6.45) is 6.28. The maximum Gasteiger partial charge on any atom is 0.229 e. The van der Waals surface area contributed by atoms with Crippen LogP contribution in [0.15, 0.2) is 23.7 Å². The van der Waals surface area contributed by atoms with Gasteiger partial charge in [0, 0.05) is 36.3 Å². The predicted octanol–water partition coefficient (Wildman–Crippen LogP) is 2.09. The Hall–Kier alpha value is -2.16. The van der Waals surface area contributed by atoms with Gasteiger partial charge in [0.05, 0.1) is 24.0 Å². The SMILES string of the molecule is O=C(Cc1nccs1)N1CC[C@@]2(O)[C@H]3Cc4ccc(O)c5c4[C@@]2(CCN3CC2CC2)[C@H](C1)O5. The van der Waals surface area contributed by atoms with E-state index in [-0.39, 0.29) is 30.2 Å². The second-order valence-electron chi connectivity index (χ2n) is 10.6. The maximum absolute atomic E-state index is 13.3. The van der Waals surface area contributed by atoms with Crippen LogP contribution in [0, 0.1) is 5.92 Å². The van der Waals surface area contributed by atoms with Crippen molar-refractivity contribution in [2.24, 2.45) is 5.92 Å². The van der Waals surface area contributed by atoms with Crippen molar-refractivity contribution in [3.05, 3.63) is 39.8 Å². The summed E-state index contributed by atoms with van der Waals surface area (Å²) in [4.78, 5) is 21.9. The Morgan fingerprint density at radius 1 is 1.27 bits per heavy atom. The number of ether oxygens (including phenoxy) is 1. The van der Waals surface area contributed by atoms with E-state index in [0.717, 1.165) is 42.4 Å². The number of likely N-dealkylation sites (tertiary alicyclic amines) is 2. The first-order valence-electron chi connectivity index (χ1n) is 12.1. The highest BCUT2D eigenvalue weighted by molar-refractivity contribution is 7.09. The quantitative estimate of drug-likeness (QED) is 0.716. The molecule has 7 nitrogen and oxygen atoms in total. The number of thiazole rings is 1. The number of phenolic OH excluding ortho intramolecular Hbond substituents is 1. The van der Waals surface area contributed by atoms with Crippen molar-refractivity contribution >= 4 is 17.2 Å². The third-order valence-electron chi connectivity index (χ3n) is 8.93. The fourth-order valence-corrected chi connectivity index (χ4v) is 7.82. The van der Waals surface area contributed by atoms with Gasteiger partial charge in [0.15, 0.2) is 11.5 Å². The molecule has 2 N–H and O–H groups in total. The van der Waals surface area contributed by atoms with Crippen LogP contribution in [-0.4, -0.2) is 74.8 Å². The van der Waals surface area contributed by atoms with Crippen LogP contribution >= 0.6 is 11.3 Å². The number of phenols is 1. The van der Waals surface area contributed by atoms with Crippen molar-refractivity contribution in [1.29, 1.82) is 0 Å². The van der Waals surface area contributed by atoms with Crippen molar-refractivity contribution in [3.63, 3.8) is 0 Å². The van der Waals surface area contributed by atoms with Gasteiger partial charge in [-0.05, 0) is 56.2 Å². The van der Waals surface area contributed by atoms with Gasteiger partial charge in [0.2, 0.25) is 5.91 Å². The first-order chi connectivity index (χ1) is 16.0. The lowest BCUT2D eigenvalue weighted by Crippen LogP contribution is -2.74. The Balaban J connectivity index is 1.31. The lowest BCUT2D eigenvalue weighted by molar-refractivity contribution is -0.162. The Bertz CT molecular complexity index is 1120. The number of aliphatic hydroxyl groups is 1. The van der Waals surface area contributed by atoms with E-state index < -0.39 is 11.0 Å². The Morgan fingerprint density at radius 3 is 2.94 bits per heavy atom. The number of hydrogen-bond acceptors (Lipinski definition) is 7. The summed E-state index contributed by atoms with van der Waals surface area (Å²) in [7, 11) is 0. The number of piperidine rings is 1. The van der Waals surface area contributed by atoms with Crippen LogP contribution in [0.3, 0.4) is 0 Å². The van der Waals surface area contributed by atoms with E-state index in [2.05, 4.69) is 9.88 Å². The monoisotopic (exact) mass is 467 g/mol. The van der Waals surface area contributed by atoms with Gasteiger partial charge in [0.1, 0.15) is 11.1 Å². The van der Waals surface area contributed by atoms with E-state index in [0.29, 0.717) is 25.3 Å². The fraction of sp³-hybridized carbons (Fsp3) is 0.600. The van der Waals surface area contributed by atoms with Crippen molar-refractivity contribution < 1.29 is 19.7 Å². The highest BCUT2D eigenvalue weighted by Crippen LogP contribution is 2.63. The summed E-state index contributed by atoms with van der Waals surface area (Å²) >= 11 is 1.49. The summed E-state index contributed by atoms with van der Waals surface area (Å²) in [5.74, 6) is 1.44. The van der Waals surface area contributed by atoms with Gasteiger partial charge in [-0.15, -0.1) is 11.3 Å². The molecule has 5 aliphatic rings. The van der Waals surface area contributed by atoms with Crippen LogP contribution in [0.25, 0.3) is 0 Å². The number of aromatic hydroxyl groups is 1. The number of carbonyl (C=O) groups excluding carboxylic acids is 1. The molecule has 1 aromatic heterocycles. The van der Waals surface area contributed by atoms with E-state index in [1.165, 1.54) is 29.7 Å². The van der Waals surface area contributed by atoms with Gasteiger partial charge in [-0.2, -0.15) is 0 Å². The zero-order valence-corrected chi connectivity index (χ0v) is 19.4. The molecule has 7 rings (SSSR count). The molecule has 2 bridgehead atoms. The Morgan fingerprint density at radius 2 is 2.15 bits per heavy atom. The molecule has 2 saturated heterocycles. The predicted molar refractivity (Wildman–Crippen MR) is 123 cm³/mol. The zero-order chi connectivity index (χ0) is 22.4. The molecule has 3 aliphatic heterocycles. The minimum atomic E-state index is -0.993. The van der Waals surface area contributed by atoms with Gasteiger partial charge in [-0.3, -0.25) is 9.69 Å². The van der Waals surface area contributed by atoms with E-state index in [1.807, 2.05) is 16.3 Å². The van der Waals surface area contributed by atoms with Gasteiger partial charge in [-0.1, -0.05) is 6.07 Å². The summed E-state index contributed by atoms with van der Waals surface area (Å²) < 4.78 is 6.46. The zero-order valence-electron chi connectivity index (χ0n) is 18.6. The van der Waals surface area contributed by atoms with Crippen LogP contribution in [0.1, 0.15) is 41.8 Å². The topological polar surface area (TPSA) is 86.1 Å². The number of aromatic nitrogens is 1. The molecule has 4 heterocycles. The van der Waals surface area contributed by atoms with E-state index in [1.54, 1.807) is 12.3 Å². The molecule has 1 amide bonds. The van der Waals surface area contributed by atoms with Gasteiger partial charge >= 0.3 is 0 Å². The molecule has 33 heavy (non-hydrogen) atoms. The smallest absolute Gasteiger partial charge is 0.229 e. The molecule has 2 aromatic rings. The first kappa shape index (κ1) is 20.2. The molecule has 1 spiro atoms. The van der Waals surface area contributed by atoms with Gasteiger partial charge in [-0.25, -0.2) is 4.98 Å². The molecule has 1 saturated carbocycles. The van der Waals surface area contributed by atoms with Crippen molar-refractivity contribution in [1.82, 2.24) is 14.8 Å².